The second-order valence-corrected chi connectivity index (χ2v) is 8.53. The molecule has 0 saturated heterocycles. The van der Waals surface area contributed by atoms with Crippen LogP contribution in [0.25, 0.3) is 5.65 Å². The Morgan fingerprint density at radius 1 is 0.968 bits per heavy atom. The molecule has 4 rings (SSSR count). The first kappa shape index (κ1) is 20.8. The number of fused-ring (bicyclic) bond motifs is 1. The summed E-state index contributed by atoms with van der Waals surface area (Å²) in [6.45, 7) is 0.778. The molecule has 0 atom stereocenters. The smallest absolute Gasteiger partial charge is 0.240 e. The van der Waals surface area contributed by atoms with Gasteiger partial charge in [-0.15, -0.1) is 15.3 Å². The molecule has 31 heavy (non-hydrogen) atoms. The topological polar surface area (TPSA) is 111 Å². The zero-order chi connectivity index (χ0) is 21.7. The number of nitrogens with zero attached hydrogens (tertiary/aromatic N) is 4. The van der Waals surface area contributed by atoms with Gasteiger partial charge in [-0.2, -0.15) is 4.52 Å². The molecule has 0 fully saturated rings. The number of anilines is 1. The van der Waals surface area contributed by atoms with Crippen LogP contribution in [0.3, 0.4) is 0 Å². The van der Waals surface area contributed by atoms with E-state index in [9.17, 15) is 8.42 Å². The third-order valence-corrected chi connectivity index (χ3v) is 6.13. The lowest BCUT2D eigenvalue weighted by Crippen LogP contribution is -2.26. The lowest BCUT2D eigenvalue weighted by molar-refractivity contribution is 0.414. The number of methoxy groups -OCH3 is 1. The Morgan fingerprint density at radius 2 is 1.74 bits per heavy atom. The molecule has 0 spiro atoms. The number of hydrogen-bond acceptors (Lipinski definition) is 7. The number of benzene rings is 2. The van der Waals surface area contributed by atoms with Gasteiger partial charge in [0, 0.05) is 19.5 Å². The summed E-state index contributed by atoms with van der Waals surface area (Å²) in [4.78, 5) is 0.226. The predicted molar refractivity (Wildman–Crippen MR) is 116 cm³/mol. The first-order valence-electron chi connectivity index (χ1n) is 9.68. The maximum Gasteiger partial charge on any atom is 0.240 e. The molecule has 4 aromatic rings. The van der Waals surface area contributed by atoms with E-state index in [2.05, 4.69) is 25.3 Å². The average molecular weight is 439 g/mol. The van der Waals surface area contributed by atoms with Crippen LogP contribution < -0.4 is 14.8 Å². The Hall–Kier alpha value is -3.50. The standard InChI is InChI=1S/C21H22N6O3S/c1-30-17-9-7-16(8-10-17)15-22-19-11-12-20-24-25-21(27(20)26-19)13-14-23-31(28,29)18-5-3-2-4-6-18/h2-12,23H,13-15H2,1H3,(H,22,26). The fraction of sp³-hybridized carbons (Fsp3) is 0.190. The van der Waals surface area contributed by atoms with Gasteiger partial charge in [0.2, 0.25) is 10.0 Å². The number of sulfonamides is 1. The van der Waals surface area contributed by atoms with Crippen LogP contribution in [0.5, 0.6) is 5.75 Å². The van der Waals surface area contributed by atoms with Crippen LogP contribution in [0.4, 0.5) is 5.82 Å². The monoisotopic (exact) mass is 438 g/mol. The van der Waals surface area contributed by atoms with Crippen molar-refractivity contribution in [3.8, 4) is 5.75 Å². The highest BCUT2D eigenvalue weighted by Crippen LogP contribution is 2.14. The van der Waals surface area contributed by atoms with Crippen LogP contribution in [0.1, 0.15) is 11.4 Å². The van der Waals surface area contributed by atoms with E-state index in [0.29, 0.717) is 30.3 Å². The molecule has 2 N–H and O–H groups in total. The molecule has 0 saturated carbocycles. The quantitative estimate of drug-likeness (QED) is 0.412. The minimum atomic E-state index is -3.57. The molecular formula is C21H22N6O3S. The van der Waals surface area contributed by atoms with Gasteiger partial charge in [0.15, 0.2) is 11.5 Å². The van der Waals surface area contributed by atoms with Crippen LogP contribution in [0.15, 0.2) is 71.6 Å². The molecule has 0 aliphatic carbocycles. The van der Waals surface area contributed by atoms with Crippen molar-refractivity contribution >= 4 is 21.5 Å². The molecule has 2 heterocycles. The van der Waals surface area contributed by atoms with E-state index in [-0.39, 0.29) is 11.4 Å². The number of aromatic nitrogens is 4. The second kappa shape index (κ2) is 9.11. The molecule has 0 radical (unpaired) electrons. The molecule has 0 aliphatic heterocycles. The van der Waals surface area contributed by atoms with E-state index < -0.39 is 10.0 Å². The fourth-order valence-corrected chi connectivity index (χ4v) is 4.05. The summed E-state index contributed by atoms with van der Waals surface area (Å²) in [6.07, 6.45) is 0.349. The summed E-state index contributed by atoms with van der Waals surface area (Å²) in [6, 6.07) is 19.7. The van der Waals surface area contributed by atoms with Crippen LogP contribution in [-0.4, -0.2) is 41.9 Å². The Kier molecular flexibility index (Phi) is 6.10. The van der Waals surface area contributed by atoms with E-state index in [1.807, 2.05) is 36.4 Å². The first-order valence-corrected chi connectivity index (χ1v) is 11.2. The maximum atomic E-state index is 12.4. The van der Waals surface area contributed by atoms with Crippen LogP contribution in [-0.2, 0) is 23.0 Å². The molecular weight excluding hydrogens is 416 g/mol. The van der Waals surface area contributed by atoms with E-state index >= 15 is 0 Å². The van der Waals surface area contributed by atoms with Crippen molar-refractivity contribution < 1.29 is 13.2 Å². The Morgan fingerprint density at radius 3 is 2.48 bits per heavy atom. The van der Waals surface area contributed by atoms with Gasteiger partial charge < -0.3 is 10.1 Å². The summed E-state index contributed by atoms with van der Waals surface area (Å²) in [5, 5.41) is 16.0. The Labute approximate surface area is 180 Å². The number of ether oxygens (including phenoxy) is 1. The molecule has 0 amide bonds. The molecule has 9 nitrogen and oxygen atoms in total. The van der Waals surface area contributed by atoms with Crippen molar-refractivity contribution in [1.82, 2.24) is 24.5 Å². The summed E-state index contributed by atoms with van der Waals surface area (Å²) in [5.41, 5.74) is 1.68. The SMILES string of the molecule is COc1ccc(CNc2ccc3nnc(CCNS(=O)(=O)c4ccccc4)n3n2)cc1. The molecule has 0 unspecified atom stereocenters. The minimum absolute atomic E-state index is 0.184. The molecule has 0 bridgehead atoms. The fourth-order valence-electron chi connectivity index (χ4n) is 3.00. The molecule has 10 heteroatoms. The van der Waals surface area contributed by atoms with Gasteiger partial charge in [-0.25, -0.2) is 13.1 Å². The second-order valence-electron chi connectivity index (χ2n) is 6.77. The van der Waals surface area contributed by atoms with Crippen LogP contribution >= 0.6 is 0 Å². The highest BCUT2D eigenvalue weighted by Gasteiger charge is 2.14. The van der Waals surface area contributed by atoms with E-state index in [1.54, 1.807) is 42.0 Å². The minimum Gasteiger partial charge on any atom is -0.497 e. The van der Waals surface area contributed by atoms with Crippen molar-refractivity contribution in [2.75, 3.05) is 19.0 Å². The van der Waals surface area contributed by atoms with Gasteiger partial charge in [-0.05, 0) is 42.0 Å². The van der Waals surface area contributed by atoms with Gasteiger partial charge in [-0.3, -0.25) is 0 Å². The predicted octanol–water partition coefficient (Wildman–Crippen LogP) is 2.27. The number of hydrogen-bond donors (Lipinski definition) is 2. The summed E-state index contributed by atoms with van der Waals surface area (Å²) >= 11 is 0. The molecule has 160 valence electrons. The summed E-state index contributed by atoms with van der Waals surface area (Å²) in [7, 11) is -1.93. The molecule has 2 aromatic carbocycles. The third kappa shape index (κ3) is 4.98. The van der Waals surface area contributed by atoms with Crippen molar-refractivity contribution in [1.29, 1.82) is 0 Å². The largest absolute Gasteiger partial charge is 0.497 e. The van der Waals surface area contributed by atoms with Crippen molar-refractivity contribution in [3.63, 3.8) is 0 Å². The van der Waals surface area contributed by atoms with Gasteiger partial charge >= 0.3 is 0 Å². The average Bonchev–Trinajstić information content (AvgIpc) is 3.21. The lowest BCUT2D eigenvalue weighted by Gasteiger charge is -2.08. The highest BCUT2D eigenvalue weighted by atomic mass is 32.2. The maximum absolute atomic E-state index is 12.4. The number of rotatable bonds is 9. The zero-order valence-corrected chi connectivity index (χ0v) is 17.7. The van der Waals surface area contributed by atoms with Crippen LogP contribution in [0.2, 0.25) is 0 Å². The lowest BCUT2D eigenvalue weighted by atomic mass is 10.2. The number of nitrogens with one attached hydrogen (secondary N) is 2. The van der Waals surface area contributed by atoms with Gasteiger partial charge in [0.05, 0.1) is 12.0 Å². The summed E-state index contributed by atoms with van der Waals surface area (Å²) < 4.78 is 34.1. The van der Waals surface area contributed by atoms with Crippen LogP contribution in [0, 0.1) is 0 Å². The van der Waals surface area contributed by atoms with Crippen molar-refractivity contribution in [2.45, 2.75) is 17.9 Å². The molecule has 0 aliphatic rings. The third-order valence-electron chi connectivity index (χ3n) is 4.65. The van der Waals surface area contributed by atoms with Gasteiger partial charge in [-0.1, -0.05) is 30.3 Å². The Balaban J connectivity index is 1.40. The first-order chi connectivity index (χ1) is 15.0. The normalized spacial score (nSPS) is 11.5. The van der Waals surface area contributed by atoms with E-state index in [1.165, 1.54) is 0 Å². The van der Waals surface area contributed by atoms with Gasteiger partial charge in [0.1, 0.15) is 11.6 Å². The van der Waals surface area contributed by atoms with E-state index in [0.717, 1.165) is 11.3 Å². The Bertz CT molecular complexity index is 1260. The van der Waals surface area contributed by atoms with Crippen molar-refractivity contribution in [3.05, 3.63) is 78.1 Å². The molecule has 2 aromatic heterocycles. The van der Waals surface area contributed by atoms with Gasteiger partial charge in [0.25, 0.3) is 0 Å². The summed E-state index contributed by atoms with van der Waals surface area (Å²) in [5.74, 6) is 2.04. The van der Waals surface area contributed by atoms with E-state index in [4.69, 9.17) is 4.74 Å². The van der Waals surface area contributed by atoms with Crippen molar-refractivity contribution in [2.24, 2.45) is 0 Å². The zero-order valence-electron chi connectivity index (χ0n) is 16.9. The highest BCUT2D eigenvalue weighted by molar-refractivity contribution is 7.89.